The van der Waals surface area contributed by atoms with Crippen molar-refractivity contribution >= 4 is 27.6 Å². The van der Waals surface area contributed by atoms with E-state index in [0.29, 0.717) is 5.96 Å². The van der Waals surface area contributed by atoms with E-state index >= 15 is 0 Å². The van der Waals surface area contributed by atoms with E-state index in [9.17, 15) is 0 Å². The van der Waals surface area contributed by atoms with Gasteiger partial charge in [0.1, 0.15) is 0 Å². The maximum atomic E-state index is 5.68. The van der Waals surface area contributed by atoms with Gasteiger partial charge in [0.15, 0.2) is 5.96 Å². The van der Waals surface area contributed by atoms with Crippen molar-refractivity contribution in [3.63, 3.8) is 0 Å². The molecule has 0 aliphatic rings. The van der Waals surface area contributed by atoms with Crippen LogP contribution in [0.5, 0.6) is 0 Å². The lowest BCUT2D eigenvalue weighted by Gasteiger charge is -2.06. The molecule has 0 aliphatic heterocycles. The fraction of sp³-hybridized carbons (Fsp3) is 0.300. The molecule has 0 spiro atoms. The van der Waals surface area contributed by atoms with Crippen LogP contribution in [0.1, 0.15) is 13.8 Å². The van der Waals surface area contributed by atoms with Crippen LogP contribution in [0.25, 0.3) is 0 Å². The SMILES string of the molecule is CC(C)N=C(N)Nc1cccc(Br)c1. The van der Waals surface area contributed by atoms with Crippen LogP contribution in [0, 0.1) is 0 Å². The van der Waals surface area contributed by atoms with Gasteiger partial charge in [0.25, 0.3) is 0 Å². The lowest BCUT2D eigenvalue weighted by molar-refractivity contribution is 0.833. The molecule has 76 valence electrons. The molecule has 0 aromatic heterocycles. The minimum absolute atomic E-state index is 0.203. The number of hydrogen-bond acceptors (Lipinski definition) is 1. The molecular weight excluding hydrogens is 242 g/mol. The van der Waals surface area contributed by atoms with Crippen LogP contribution in [0.2, 0.25) is 0 Å². The first-order chi connectivity index (χ1) is 6.58. The molecule has 0 amide bonds. The maximum Gasteiger partial charge on any atom is 0.193 e. The average Bonchev–Trinajstić information content (AvgIpc) is 2.01. The summed E-state index contributed by atoms with van der Waals surface area (Å²) in [6, 6.07) is 7.99. The van der Waals surface area contributed by atoms with E-state index in [-0.39, 0.29) is 6.04 Å². The molecule has 1 aromatic rings. The summed E-state index contributed by atoms with van der Waals surface area (Å²) in [5.74, 6) is 0.443. The van der Waals surface area contributed by atoms with Crippen LogP contribution in [-0.2, 0) is 0 Å². The van der Waals surface area contributed by atoms with Crippen LogP contribution < -0.4 is 11.1 Å². The zero-order valence-electron chi connectivity index (χ0n) is 8.29. The van der Waals surface area contributed by atoms with Crippen LogP contribution >= 0.6 is 15.9 Å². The molecule has 0 radical (unpaired) electrons. The standard InChI is InChI=1S/C10H14BrN3/c1-7(2)13-10(12)14-9-5-3-4-8(11)6-9/h3-7H,1-2H3,(H3,12,13,14). The normalized spacial score (nSPS) is 11.9. The first-order valence-corrected chi connectivity index (χ1v) is 5.23. The van der Waals surface area contributed by atoms with Gasteiger partial charge in [-0.1, -0.05) is 22.0 Å². The average molecular weight is 256 g/mol. The Hall–Kier alpha value is -1.03. The zero-order valence-corrected chi connectivity index (χ0v) is 9.88. The quantitative estimate of drug-likeness (QED) is 0.631. The predicted molar refractivity (Wildman–Crippen MR) is 64.5 cm³/mol. The van der Waals surface area contributed by atoms with Gasteiger partial charge < -0.3 is 11.1 Å². The van der Waals surface area contributed by atoms with E-state index in [1.807, 2.05) is 38.1 Å². The van der Waals surface area contributed by atoms with Crippen LogP contribution in [-0.4, -0.2) is 12.0 Å². The van der Waals surface area contributed by atoms with Gasteiger partial charge in [-0.25, -0.2) is 0 Å². The van der Waals surface area contributed by atoms with E-state index in [1.54, 1.807) is 0 Å². The number of benzene rings is 1. The molecule has 14 heavy (non-hydrogen) atoms. The van der Waals surface area contributed by atoms with E-state index in [0.717, 1.165) is 10.2 Å². The number of anilines is 1. The molecular formula is C10H14BrN3. The summed E-state index contributed by atoms with van der Waals surface area (Å²) in [5, 5.41) is 3.01. The summed E-state index contributed by atoms with van der Waals surface area (Å²) < 4.78 is 1.01. The monoisotopic (exact) mass is 255 g/mol. The van der Waals surface area contributed by atoms with Gasteiger partial charge in [-0.2, -0.15) is 0 Å². The number of guanidine groups is 1. The maximum absolute atomic E-state index is 5.68. The molecule has 3 N–H and O–H groups in total. The van der Waals surface area contributed by atoms with E-state index < -0.39 is 0 Å². The highest BCUT2D eigenvalue weighted by molar-refractivity contribution is 9.10. The van der Waals surface area contributed by atoms with Crippen molar-refractivity contribution in [3.05, 3.63) is 28.7 Å². The Bertz CT molecular complexity index is 334. The van der Waals surface area contributed by atoms with Crippen LogP contribution in [0.15, 0.2) is 33.7 Å². The Kier molecular flexibility index (Phi) is 3.95. The third kappa shape index (κ3) is 3.79. The topological polar surface area (TPSA) is 50.4 Å². The minimum Gasteiger partial charge on any atom is -0.370 e. The van der Waals surface area contributed by atoms with Crippen LogP contribution in [0.4, 0.5) is 5.69 Å². The van der Waals surface area contributed by atoms with Crippen LogP contribution in [0.3, 0.4) is 0 Å². The lowest BCUT2D eigenvalue weighted by atomic mass is 10.3. The van der Waals surface area contributed by atoms with Crippen molar-refractivity contribution < 1.29 is 0 Å². The zero-order chi connectivity index (χ0) is 10.6. The van der Waals surface area contributed by atoms with E-state index in [1.165, 1.54) is 0 Å². The first kappa shape index (κ1) is 11.0. The number of aliphatic imine (C=N–C) groups is 1. The fourth-order valence-electron chi connectivity index (χ4n) is 1.02. The fourth-order valence-corrected chi connectivity index (χ4v) is 1.42. The second kappa shape index (κ2) is 5.00. The van der Waals surface area contributed by atoms with Gasteiger partial charge in [0.05, 0.1) is 0 Å². The molecule has 3 nitrogen and oxygen atoms in total. The molecule has 1 aromatic carbocycles. The van der Waals surface area contributed by atoms with Gasteiger partial charge in [-0.3, -0.25) is 4.99 Å². The van der Waals surface area contributed by atoms with Crippen molar-refractivity contribution in [2.45, 2.75) is 19.9 Å². The number of nitrogens with zero attached hydrogens (tertiary/aromatic N) is 1. The highest BCUT2D eigenvalue weighted by Gasteiger charge is 1.96. The van der Waals surface area contributed by atoms with Gasteiger partial charge >= 0.3 is 0 Å². The summed E-state index contributed by atoms with van der Waals surface area (Å²) >= 11 is 3.38. The van der Waals surface area contributed by atoms with Gasteiger partial charge in [0.2, 0.25) is 0 Å². The Balaban J connectivity index is 2.69. The number of hydrogen-bond donors (Lipinski definition) is 2. The molecule has 1 rings (SSSR count). The molecule has 0 atom stereocenters. The molecule has 0 saturated heterocycles. The van der Waals surface area contributed by atoms with Gasteiger partial charge in [-0.15, -0.1) is 0 Å². The Morgan fingerprint density at radius 1 is 1.50 bits per heavy atom. The number of nitrogens with one attached hydrogen (secondary N) is 1. The minimum atomic E-state index is 0.203. The summed E-state index contributed by atoms with van der Waals surface area (Å²) in [5.41, 5.74) is 6.61. The van der Waals surface area contributed by atoms with Gasteiger partial charge in [0, 0.05) is 16.2 Å². The molecule has 0 heterocycles. The molecule has 4 heteroatoms. The summed E-state index contributed by atoms with van der Waals surface area (Å²) in [7, 11) is 0. The summed E-state index contributed by atoms with van der Waals surface area (Å²) in [6.45, 7) is 3.96. The highest BCUT2D eigenvalue weighted by Crippen LogP contribution is 2.15. The smallest absolute Gasteiger partial charge is 0.193 e. The molecule has 0 aliphatic carbocycles. The predicted octanol–water partition coefficient (Wildman–Crippen LogP) is 2.58. The Morgan fingerprint density at radius 2 is 2.21 bits per heavy atom. The van der Waals surface area contributed by atoms with E-state index in [4.69, 9.17) is 5.73 Å². The second-order valence-electron chi connectivity index (χ2n) is 3.24. The number of rotatable bonds is 2. The van der Waals surface area contributed by atoms with Gasteiger partial charge in [-0.05, 0) is 32.0 Å². The van der Waals surface area contributed by atoms with Crippen molar-refractivity contribution in [2.75, 3.05) is 5.32 Å². The Morgan fingerprint density at radius 3 is 2.79 bits per heavy atom. The molecule has 0 saturated carbocycles. The highest BCUT2D eigenvalue weighted by atomic mass is 79.9. The lowest BCUT2D eigenvalue weighted by Crippen LogP contribution is -2.23. The van der Waals surface area contributed by atoms with Crippen molar-refractivity contribution in [2.24, 2.45) is 10.7 Å². The third-order valence-electron chi connectivity index (χ3n) is 1.49. The Labute approximate surface area is 92.5 Å². The van der Waals surface area contributed by atoms with Crippen molar-refractivity contribution in [1.82, 2.24) is 0 Å². The summed E-state index contributed by atoms with van der Waals surface area (Å²) in [6.07, 6.45) is 0. The van der Waals surface area contributed by atoms with E-state index in [2.05, 4.69) is 26.2 Å². The largest absolute Gasteiger partial charge is 0.370 e. The molecule has 0 unspecified atom stereocenters. The van der Waals surface area contributed by atoms with Crippen molar-refractivity contribution in [3.8, 4) is 0 Å². The summed E-state index contributed by atoms with van der Waals surface area (Å²) in [4.78, 5) is 4.17. The number of halogens is 1. The molecule has 0 fully saturated rings. The molecule has 0 bridgehead atoms. The number of nitrogens with two attached hydrogens (primary N) is 1. The first-order valence-electron chi connectivity index (χ1n) is 4.44. The van der Waals surface area contributed by atoms with Crippen molar-refractivity contribution in [1.29, 1.82) is 0 Å². The second-order valence-corrected chi connectivity index (χ2v) is 4.16. The third-order valence-corrected chi connectivity index (χ3v) is 1.99.